The highest BCUT2D eigenvalue weighted by Gasteiger charge is 2.18. The second kappa shape index (κ2) is 9.72. The summed E-state index contributed by atoms with van der Waals surface area (Å²) in [6, 6.07) is 16.1. The summed E-state index contributed by atoms with van der Waals surface area (Å²) in [7, 11) is 0. The molecule has 2 heterocycles. The lowest BCUT2D eigenvalue weighted by Gasteiger charge is -2.31. The molecule has 31 heavy (non-hydrogen) atoms. The van der Waals surface area contributed by atoms with Crippen LogP contribution in [0.4, 0.5) is 0 Å². The maximum absolute atomic E-state index is 12.7. The van der Waals surface area contributed by atoms with E-state index < -0.39 is 0 Å². The standard InChI is InChI=1S/C23H26BrN5O2/c1-16-14-28(9-10-31-16)15-19-6-3-5-18(11-19)13-25-23(30)22-17(2)29(27-26-22)21-8-4-7-20(24)12-21/h3-8,11-12,16H,9-10,13-15H2,1-2H3,(H,25,30)/t16-/m1/s1. The van der Waals surface area contributed by atoms with Gasteiger partial charge in [-0.25, -0.2) is 4.68 Å². The van der Waals surface area contributed by atoms with E-state index in [0.717, 1.165) is 42.0 Å². The minimum Gasteiger partial charge on any atom is -0.376 e. The van der Waals surface area contributed by atoms with Gasteiger partial charge in [0.05, 0.1) is 24.1 Å². The van der Waals surface area contributed by atoms with Crippen LogP contribution in [0.5, 0.6) is 0 Å². The summed E-state index contributed by atoms with van der Waals surface area (Å²) in [4.78, 5) is 15.1. The van der Waals surface area contributed by atoms with Crippen LogP contribution in [0.25, 0.3) is 5.69 Å². The summed E-state index contributed by atoms with van der Waals surface area (Å²) in [5.74, 6) is -0.230. The molecule has 0 radical (unpaired) electrons. The van der Waals surface area contributed by atoms with Crippen molar-refractivity contribution in [1.82, 2.24) is 25.2 Å². The monoisotopic (exact) mass is 483 g/mol. The highest BCUT2D eigenvalue weighted by Crippen LogP contribution is 2.17. The normalized spacial score (nSPS) is 16.9. The van der Waals surface area contributed by atoms with Crippen LogP contribution in [-0.2, 0) is 17.8 Å². The fraction of sp³-hybridized carbons (Fsp3) is 0.348. The molecule has 1 atom stereocenters. The lowest BCUT2D eigenvalue weighted by atomic mass is 10.1. The second-order valence-electron chi connectivity index (χ2n) is 7.83. The molecule has 1 saturated heterocycles. The number of rotatable bonds is 6. The predicted molar refractivity (Wildman–Crippen MR) is 122 cm³/mol. The highest BCUT2D eigenvalue weighted by molar-refractivity contribution is 9.10. The highest BCUT2D eigenvalue weighted by atomic mass is 79.9. The Balaban J connectivity index is 1.39. The van der Waals surface area contributed by atoms with Crippen LogP contribution in [-0.4, -0.2) is 51.6 Å². The molecule has 0 spiro atoms. The summed E-state index contributed by atoms with van der Waals surface area (Å²) in [5.41, 5.74) is 4.18. The van der Waals surface area contributed by atoms with Gasteiger partial charge < -0.3 is 10.1 Å². The number of hydrogen-bond donors (Lipinski definition) is 1. The molecule has 3 aromatic rings. The number of carbonyl (C=O) groups excluding carboxylic acids is 1. The SMILES string of the molecule is Cc1c(C(=O)NCc2cccc(CN3CCO[C@H](C)C3)c2)nnn1-c1cccc(Br)c1. The molecular weight excluding hydrogens is 458 g/mol. The third-order valence-electron chi connectivity index (χ3n) is 5.34. The molecule has 1 fully saturated rings. The summed E-state index contributed by atoms with van der Waals surface area (Å²) < 4.78 is 8.23. The molecular formula is C23H26BrN5O2. The third kappa shape index (κ3) is 5.39. The van der Waals surface area contributed by atoms with Gasteiger partial charge in [0, 0.05) is 30.7 Å². The summed E-state index contributed by atoms with van der Waals surface area (Å²) >= 11 is 3.46. The van der Waals surface area contributed by atoms with Gasteiger partial charge >= 0.3 is 0 Å². The van der Waals surface area contributed by atoms with Crippen molar-refractivity contribution in [2.75, 3.05) is 19.7 Å². The Labute approximate surface area is 190 Å². The van der Waals surface area contributed by atoms with Crippen molar-refractivity contribution in [3.05, 3.63) is 75.5 Å². The average molecular weight is 484 g/mol. The zero-order valence-electron chi connectivity index (χ0n) is 17.7. The van der Waals surface area contributed by atoms with Crippen molar-refractivity contribution in [2.45, 2.75) is 33.0 Å². The summed E-state index contributed by atoms with van der Waals surface area (Å²) in [6.45, 7) is 7.93. The van der Waals surface area contributed by atoms with E-state index >= 15 is 0 Å². The zero-order chi connectivity index (χ0) is 21.8. The lowest BCUT2D eigenvalue weighted by molar-refractivity contribution is -0.0212. The van der Waals surface area contributed by atoms with Crippen LogP contribution >= 0.6 is 15.9 Å². The van der Waals surface area contributed by atoms with Gasteiger partial charge in [0.15, 0.2) is 5.69 Å². The molecule has 0 unspecified atom stereocenters. The molecule has 1 N–H and O–H groups in total. The van der Waals surface area contributed by atoms with Crippen LogP contribution in [0, 0.1) is 6.92 Å². The first-order valence-corrected chi connectivity index (χ1v) is 11.2. The van der Waals surface area contributed by atoms with Gasteiger partial charge in [0.2, 0.25) is 0 Å². The molecule has 0 saturated carbocycles. The largest absolute Gasteiger partial charge is 0.376 e. The lowest BCUT2D eigenvalue weighted by Crippen LogP contribution is -2.40. The molecule has 162 valence electrons. The minimum atomic E-state index is -0.230. The number of halogens is 1. The van der Waals surface area contributed by atoms with Crippen molar-refractivity contribution in [3.63, 3.8) is 0 Å². The van der Waals surface area contributed by atoms with Crippen LogP contribution in [0.1, 0.15) is 34.2 Å². The van der Waals surface area contributed by atoms with E-state index in [1.807, 2.05) is 43.3 Å². The number of ether oxygens (including phenoxy) is 1. The van der Waals surface area contributed by atoms with Crippen molar-refractivity contribution >= 4 is 21.8 Å². The quantitative estimate of drug-likeness (QED) is 0.580. The Bertz CT molecular complexity index is 1070. The van der Waals surface area contributed by atoms with E-state index in [0.29, 0.717) is 17.9 Å². The average Bonchev–Trinajstić information content (AvgIpc) is 3.14. The zero-order valence-corrected chi connectivity index (χ0v) is 19.3. The Morgan fingerprint density at radius 1 is 1.23 bits per heavy atom. The van der Waals surface area contributed by atoms with Crippen LogP contribution < -0.4 is 5.32 Å². The Hall–Kier alpha value is -2.55. The molecule has 1 aliphatic rings. The van der Waals surface area contributed by atoms with Gasteiger partial charge in [-0.3, -0.25) is 9.69 Å². The van der Waals surface area contributed by atoms with E-state index in [1.54, 1.807) is 4.68 Å². The van der Waals surface area contributed by atoms with E-state index in [9.17, 15) is 4.79 Å². The number of nitrogens with zero attached hydrogens (tertiary/aromatic N) is 4. The maximum atomic E-state index is 12.7. The third-order valence-corrected chi connectivity index (χ3v) is 5.83. The first kappa shape index (κ1) is 21.7. The summed E-state index contributed by atoms with van der Waals surface area (Å²) in [6.07, 6.45) is 0.268. The van der Waals surface area contributed by atoms with E-state index in [2.05, 4.69) is 55.5 Å². The number of nitrogens with one attached hydrogen (secondary N) is 1. The topological polar surface area (TPSA) is 72.3 Å². The Morgan fingerprint density at radius 2 is 2.03 bits per heavy atom. The molecule has 0 bridgehead atoms. The van der Waals surface area contributed by atoms with Crippen molar-refractivity contribution in [2.24, 2.45) is 0 Å². The second-order valence-corrected chi connectivity index (χ2v) is 8.75. The van der Waals surface area contributed by atoms with Crippen LogP contribution in [0.3, 0.4) is 0 Å². The first-order chi connectivity index (χ1) is 15.0. The first-order valence-electron chi connectivity index (χ1n) is 10.4. The Morgan fingerprint density at radius 3 is 2.84 bits per heavy atom. The van der Waals surface area contributed by atoms with Crippen molar-refractivity contribution in [1.29, 1.82) is 0 Å². The van der Waals surface area contributed by atoms with Gasteiger partial charge in [-0.05, 0) is 43.2 Å². The number of benzene rings is 2. The van der Waals surface area contributed by atoms with Crippen molar-refractivity contribution < 1.29 is 9.53 Å². The minimum absolute atomic E-state index is 0.230. The number of aromatic nitrogens is 3. The fourth-order valence-corrected chi connectivity index (χ4v) is 4.18. The number of amides is 1. The van der Waals surface area contributed by atoms with Gasteiger partial charge in [0.1, 0.15) is 0 Å². The van der Waals surface area contributed by atoms with Gasteiger partial charge in [-0.15, -0.1) is 5.10 Å². The smallest absolute Gasteiger partial charge is 0.274 e. The predicted octanol–water partition coefficient (Wildman–Crippen LogP) is 3.49. The van der Waals surface area contributed by atoms with Gasteiger partial charge in [-0.1, -0.05) is 51.5 Å². The molecule has 1 aromatic heterocycles. The molecule has 1 amide bonds. The van der Waals surface area contributed by atoms with E-state index in [4.69, 9.17) is 4.74 Å². The number of carbonyl (C=O) groups is 1. The summed E-state index contributed by atoms with van der Waals surface area (Å²) in [5, 5.41) is 11.2. The number of morpholine rings is 1. The van der Waals surface area contributed by atoms with Gasteiger partial charge in [-0.2, -0.15) is 0 Å². The van der Waals surface area contributed by atoms with Crippen LogP contribution in [0.2, 0.25) is 0 Å². The maximum Gasteiger partial charge on any atom is 0.274 e. The van der Waals surface area contributed by atoms with Crippen LogP contribution in [0.15, 0.2) is 53.0 Å². The van der Waals surface area contributed by atoms with E-state index in [1.165, 1.54) is 5.56 Å². The molecule has 8 heteroatoms. The number of hydrogen-bond acceptors (Lipinski definition) is 5. The molecule has 7 nitrogen and oxygen atoms in total. The molecule has 1 aliphatic heterocycles. The fourth-order valence-electron chi connectivity index (χ4n) is 3.79. The van der Waals surface area contributed by atoms with E-state index in [-0.39, 0.29) is 12.0 Å². The van der Waals surface area contributed by atoms with Crippen molar-refractivity contribution in [3.8, 4) is 5.69 Å². The molecule has 2 aromatic carbocycles. The van der Waals surface area contributed by atoms with Gasteiger partial charge in [0.25, 0.3) is 5.91 Å². The Kier molecular flexibility index (Phi) is 6.80. The molecule has 0 aliphatic carbocycles. The molecule has 4 rings (SSSR count).